The fraction of sp³-hybridized carbons (Fsp3) is 0.605. The number of amides is 2. The molecular formula is C43H61FN2O10. The fourth-order valence-electron chi connectivity index (χ4n) is 6.25. The molecule has 1 fully saturated rings. The predicted molar refractivity (Wildman–Crippen MR) is 208 cm³/mol. The van der Waals surface area contributed by atoms with Crippen LogP contribution in [0.15, 0.2) is 54.6 Å². The van der Waals surface area contributed by atoms with Crippen LogP contribution >= 0.6 is 0 Å². The third kappa shape index (κ3) is 14.9. The van der Waals surface area contributed by atoms with Crippen molar-refractivity contribution >= 4 is 29.9 Å². The second-order valence-corrected chi connectivity index (χ2v) is 16.6. The van der Waals surface area contributed by atoms with Gasteiger partial charge in [-0.05, 0) is 89.3 Å². The summed E-state index contributed by atoms with van der Waals surface area (Å²) in [5.41, 5.74) is -0.271. The van der Waals surface area contributed by atoms with Crippen molar-refractivity contribution in [3.05, 3.63) is 71.3 Å². The molecule has 56 heavy (non-hydrogen) atoms. The number of hydrogen-bond donors (Lipinski definition) is 0. The Labute approximate surface area is 331 Å². The van der Waals surface area contributed by atoms with Crippen molar-refractivity contribution in [1.82, 2.24) is 9.80 Å². The molecule has 2 aromatic rings. The third-order valence-corrected chi connectivity index (χ3v) is 9.36. The SMILES string of the molecule is CC(C)C[C@@H](C(=O)O[C@H](C)C(=O)OCc1ccccc1)N(C)C(=O)[C@@H](Cc1ccc(C2CCOCC2)cc1)OC(=O)[C@H](CC(C)(C)F)N(C)C(=O)OC(C)(C)C. The molecule has 13 heteroatoms. The van der Waals surface area contributed by atoms with Gasteiger partial charge in [-0.2, -0.15) is 0 Å². The zero-order valence-corrected chi connectivity index (χ0v) is 34.7. The quantitative estimate of drug-likeness (QED) is 0.122. The molecule has 0 aliphatic carbocycles. The van der Waals surface area contributed by atoms with Gasteiger partial charge in [0.2, 0.25) is 0 Å². The first-order chi connectivity index (χ1) is 26.1. The second kappa shape index (κ2) is 20.6. The summed E-state index contributed by atoms with van der Waals surface area (Å²) in [6, 6.07) is 14.1. The summed E-state index contributed by atoms with van der Waals surface area (Å²) in [6.07, 6.45) is -2.24. The lowest BCUT2D eigenvalue weighted by Gasteiger charge is -2.34. The summed E-state index contributed by atoms with van der Waals surface area (Å²) >= 11 is 0. The largest absolute Gasteiger partial charge is 0.458 e. The maximum atomic E-state index is 15.2. The number of nitrogens with zero attached hydrogens (tertiary/aromatic N) is 2. The van der Waals surface area contributed by atoms with E-state index in [0.29, 0.717) is 24.7 Å². The first kappa shape index (κ1) is 45.9. The topological polar surface area (TPSA) is 138 Å². The molecule has 1 saturated heterocycles. The normalized spacial score (nSPS) is 15.9. The van der Waals surface area contributed by atoms with Crippen LogP contribution in [0.1, 0.15) is 104 Å². The van der Waals surface area contributed by atoms with E-state index in [2.05, 4.69) is 0 Å². The van der Waals surface area contributed by atoms with E-state index >= 15 is 4.39 Å². The van der Waals surface area contributed by atoms with E-state index in [0.717, 1.165) is 33.8 Å². The lowest BCUT2D eigenvalue weighted by Crippen LogP contribution is -2.52. The minimum Gasteiger partial charge on any atom is -0.458 e. The van der Waals surface area contributed by atoms with E-state index in [1.54, 1.807) is 32.9 Å². The van der Waals surface area contributed by atoms with Crippen molar-refractivity contribution in [2.45, 2.75) is 136 Å². The molecule has 0 radical (unpaired) electrons. The van der Waals surface area contributed by atoms with Crippen molar-refractivity contribution in [3.8, 4) is 0 Å². The number of hydrogen-bond acceptors (Lipinski definition) is 10. The number of halogens is 1. The number of rotatable bonds is 17. The van der Waals surface area contributed by atoms with Crippen molar-refractivity contribution in [2.75, 3.05) is 27.3 Å². The molecule has 0 bridgehead atoms. The van der Waals surface area contributed by atoms with Crippen molar-refractivity contribution < 1.29 is 52.0 Å². The average molecular weight is 785 g/mol. The molecule has 1 heterocycles. The van der Waals surface area contributed by atoms with Gasteiger partial charge in [0.1, 0.15) is 30.0 Å². The monoisotopic (exact) mass is 784 g/mol. The summed E-state index contributed by atoms with van der Waals surface area (Å²) in [5, 5.41) is 0. The number of ether oxygens (including phenoxy) is 5. The van der Waals surface area contributed by atoms with Crippen molar-refractivity contribution in [2.24, 2.45) is 5.92 Å². The van der Waals surface area contributed by atoms with Crippen LogP contribution in [0.3, 0.4) is 0 Å². The van der Waals surface area contributed by atoms with Crippen molar-refractivity contribution in [1.29, 1.82) is 0 Å². The molecule has 1 aliphatic rings. The molecule has 4 atom stereocenters. The highest BCUT2D eigenvalue weighted by atomic mass is 19.1. The van der Waals surface area contributed by atoms with Gasteiger partial charge >= 0.3 is 24.0 Å². The van der Waals surface area contributed by atoms with Gasteiger partial charge in [0, 0.05) is 40.2 Å². The second-order valence-electron chi connectivity index (χ2n) is 16.6. The van der Waals surface area contributed by atoms with Gasteiger partial charge in [-0.3, -0.25) is 9.69 Å². The molecule has 0 aromatic heterocycles. The molecule has 3 rings (SSSR count). The van der Waals surface area contributed by atoms with E-state index in [1.807, 2.05) is 56.3 Å². The summed E-state index contributed by atoms with van der Waals surface area (Å²) < 4.78 is 43.0. The van der Waals surface area contributed by atoms with Crippen LogP contribution in [0.25, 0.3) is 0 Å². The van der Waals surface area contributed by atoms with Crippen LogP contribution in [0, 0.1) is 5.92 Å². The number of likely N-dealkylation sites (N-methyl/N-ethyl adjacent to an activating group) is 2. The van der Waals surface area contributed by atoms with Crippen LogP contribution < -0.4 is 0 Å². The molecule has 2 aromatic carbocycles. The summed E-state index contributed by atoms with van der Waals surface area (Å²) in [6.45, 7) is 14.0. The van der Waals surface area contributed by atoms with E-state index in [9.17, 15) is 24.0 Å². The Hall–Kier alpha value is -4.52. The van der Waals surface area contributed by atoms with Crippen molar-refractivity contribution in [3.63, 3.8) is 0 Å². The van der Waals surface area contributed by atoms with Crippen LogP contribution in [-0.2, 0) is 55.9 Å². The molecular weight excluding hydrogens is 723 g/mol. The molecule has 0 spiro atoms. The van der Waals surface area contributed by atoms with Gasteiger partial charge in [0.05, 0.1) is 0 Å². The van der Waals surface area contributed by atoms with Gasteiger partial charge in [-0.1, -0.05) is 68.4 Å². The Balaban J connectivity index is 1.91. The Morgan fingerprint density at radius 2 is 1.38 bits per heavy atom. The number of esters is 3. The molecule has 0 saturated carbocycles. The van der Waals surface area contributed by atoms with E-state index < -0.39 is 71.9 Å². The van der Waals surface area contributed by atoms with E-state index in [1.165, 1.54) is 34.9 Å². The van der Waals surface area contributed by atoms with Gasteiger partial charge in [0.15, 0.2) is 12.2 Å². The molecule has 12 nitrogen and oxygen atoms in total. The zero-order chi connectivity index (χ0) is 41.8. The number of carbonyl (C=O) groups excluding carboxylic acids is 5. The summed E-state index contributed by atoms with van der Waals surface area (Å²) in [7, 11) is 2.71. The van der Waals surface area contributed by atoms with Crippen LogP contribution in [0.2, 0.25) is 0 Å². The molecule has 310 valence electrons. The summed E-state index contributed by atoms with van der Waals surface area (Å²) in [5.74, 6) is -3.12. The van der Waals surface area contributed by atoms with Gasteiger partial charge < -0.3 is 28.6 Å². The first-order valence-electron chi connectivity index (χ1n) is 19.3. The first-order valence-corrected chi connectivity index (χ1v) is 19.3. The number of benzene rings is 2. The Morgan fingerprint density at radius 1 is 0.786 bits per heavy atom. The Bertz CT molecular complexity index is 1600. The third-order valence-electron chi connectivity index (χ3n) is 9.36. The van der Waals surface area contributed by atoms with Crippen LogP contribution in [-0.4, -0.2) is 103 Å². The maximum absolute atomic E-state index is 15.2. The highest BCUT2D eigenvalue weighted by Crippen LogP contribution is 2.28. The summed E-state index contributed by atoms with van der Waals surface area (Å²) in [4.78, 5) is 70.2. The lowest BCUT2D eigenvalue weighted by atomic mass is 9.90. The lowest BCUT2D eigenvalue weighted by molar-refractivity contribution is -0.174. The average Bonchev–Trinajstić information content (AvgIpc) is 3.13. The molecule has 1 aliphatic heterocycles. The minimum atomic E-state index is -1.92. The smallest absolute Gasteiger partial charge is 0.410 e. The Kier molecular flexibility index (Phi) is 16.9. The fourth-order valence-corrected chi connectivity index (χ4v) is 6.25. The molecule has 0 unspecified atom stereocenters. The maximum Gasteiger partial charge on any atom is 0.410 e. The number of carbonyl (C=O) groups is 5. The van der Waals surface area contributed by atoms with Crippen LogP contribution in [0.4, 0.5) is 9.18 Å². The van der Waals surface area contributed by atoms with E-state index in [4.69, 9.17) is 23.7 Å². The van der Waals surface area contributed by atoms with Crippen LogP contribution in [0.5, 0.6) is 0 Å². The number of alkyl halides is 1. The standard InChI is InChI=1S/C43H61FN2O10/c1-28(2)24-34(39(49)54-29(3)38(48)53-27-31-14-12-11-13-15-31)45(9)37(47)36(25-30-16-18-32(19-17-30)33-20-22-52-23-21-33)55-40(50)35(26-43(7,8)44)46(10)41(51)56-42(4,5)6/h11-19,28-29,33-36H,20-27H2,1-10H3/t29-,34+,35+,36-/m1/s1. The molecule has 0 N–H and O–H groups in total. The minimum absolute atomic E-state index is 0.0117. The van der Waals surface area contributed by atoms with Gasteiger partial charge in [-0.15, -0.1) is 0 Å². The zero-order valence-electron chi connectivity index (χ0n) is 34.7. The predicted octanol–water partition coefficient (Wildman–Crippen LogP) is 6.96. The Morgan fingerprint density at radius 3 is 1.93 bits per heavy atom. The highest BCUT2D eigenvalue weighted by Gasteiger charge is 2.41. The van der Waals surface area contributed by atoms with Gasteiger partial charge in [-0.25, -0.2) is 23.6 Å². The van der Waals surface area contributed by atoms with E-state index in [-0.39, 0.29) is 25.4 Å². The van der Waals surface area contributed by atoms with Gasteiger partial charge in [0.25, 0.3) is 5.91 Å². The highest BCUT2D eigenvalue weighted by molar-refractivity contribution is 5.90. The molecule has 2 amide bonds.